The lowest BCUT2D eigenvalue weighted by Gasteiger charge is -1.97. The van der Waals surface area contributed by atoms with Gasteiger partial charge < -0.3 is 5.73 Å². The van der Waals surface area contributed by atoms with Gasteiger partial charge in [0.15, 0.2) is 0 Å². The van der Waals surface area contributed by atoms with Crippen molar-refractivity contribution in [2.75, 3.05) is 0 Å². The second kappa shape index (κ2) is 4.83. The quantitative estimate of drug-likeness (QED) is 0.594. The average Bonchev–Trinajstić information content (AvgIpc) is 2.08. The average molecular weight is 232 g/mol. The molecular formula is C8H7Cl2N3O. The van der Waals surface area contributed by atoms with E-state index in [1.54, 1.807) is 18.2 Å². The van der Waals surface area contributed by atoms with Gasteiger partial charge in [-0.05, 0) is 12.1 Å². The highest BCUT2D eigenvalue weighted by Gasteiger charge is 1.97. The van der Waals surface area contributed by atoms with Crippen LogP contribution < -0.4 is 11.2 Å². The molecule has 0 aliphatic carbocycles. The maximum Gasteiger partial charge on any atom is 0.332 e. The summed E-state index contributed by atoms with van der Waals surface area (Å²) in [6, 6.07) is 4.19. The van der Waals surface area contributed by atoms with Crippen LogP contribution in [0.5, 0.6) is 0 Å². The van der Waals surface area contributed by atoms with Crippen molar-refractivity contribution in [1.29, 1.82) is 0 Å². The molecule has 0 fully saturated rings. The summed E-state index contributed by atoms with van der Waals surface area (Å²) in [5.74, 6) is 0. The summed E-state index contributed by atoms with van der Waals surface area (Å²) in [5.41, 5.74) is 7.50. The number of urea groups is 1. The number of nitrogens with one attached hydrogen (secondary N) is 1. The van der Waals surface area contributed by atoms with Crippen molar-refractivity contribution in [3.63, 3.8) is 0 Å². The fourth-order valence-electron chi connectivity index (χ4n) is 0.772. The van der Waals surface area contributed by atoms with Crippen LogP contribution in [0.15, 0.2) is 23.3 Å². The van der Waals surface area contributed by atoms with Gasteiger partial charge in [-0.1, -0.05) is 29.3 Å². The molecule has 0 saturated carbocycles. The molecule has 14 heavy (non-hydrogen) atoms. The molecule has 1 aromatic carbocycles. The predicted molar refractivity (Wildman–Crippen MR) is 56.8 cm³/mol. The van der Waals surface area contributed by atoms with Gasteiger partial charge >= 0.3 is 6.03 Å². The molecule has 0 heterocycles. The molecule has 0 spiro atoms. The first-order valence-corrected chi connectivity index (χ1v) is 4.39. The highest BCUT2D eigenvalue weighted by Crippen LogP contribution is 2.19. The normalized spacial score (nSPS) is 10.4. The second-order valence-corrected chi connectivity index (χ2v) is 3.24. The van der Waals surface area contributed by atoms with Crippen molar-refractivity contribution < 1.29 is 4.79 Å². The first-order valence-electron chi connectivity index (χ1n) is 3.63. The van der Waals surface area contributed by atoms with E-state index in [1.807, 2.05) is 0 Å². The number of halogens is 2. The standard InChI is InChI=1S/C8H7Cl2N3O/c9-6-2-1-5(7(10)3-6)4-12-13-8(11)14/h1-4H,(H3,11,13,14)/b12-4-. The van der Waals surface area contributed by atoms with Gasteiger partial charge in [0.1, 0.15) is 0 Å². The lowest BCUT2D eigenvalue weighted by molar-refractivity contribution is 0.249. The largest absolute Gasteiger partial charge is 0.350 e. The molecule has 74 valence electrons. The van der Waals surface area contributed by atoms with E-state index in [9.17, 15) is 4.79 Å². The van der Waals surface area contributed by atoms with E-state index >= 15 is 0 Å². The Bertz CT molecular complexity index is 379. The number of nitrogens with zero attached hydrogens (tertiary/aromatic N) is 1. The SMILES string of the molecule is NC(=O)N/N=C\c1ccc(Cl)cc1Cl. The Morgan fingerprint density at radius 3 is 2.79 bits per heavy atom. The summed E-state index contributed by atoms with van der Waals surface area (Å²) in [6.07, 6.45) is 1.38. The van der Waals surface area contributed by atoms with Crippen LogP contribution in [-0.4, -0.2) is 12.2 Å². The first kappa shape index (κ1) is 10.8. The number of carbonyl (C=O) groups excluding carboxylic acids is 1. The number of amides is 2. The third kappa shape index (κ3) is 3.24. The molecule has 2 amide bonds. The zero-order valence-electron chi connectivity index (χ0n) is 7.00. The molecule has 6 heteroatoms. The van der Waals surface area contributed by atoms with Gasteiger partial charge in [0, 0.05) is 10.6 Å². The Kier molecular flexibility index (Phi) is 3.73. The minimum absolute atomic E-state index is 0.451. The lowest BCUT2D eigenvalue weighted by Crippen LogP contribution is -2.24. The molecule has 0 aliphatic rings. The Morgan fingerprint density at radius 2 is 2.21 bits per heavy atom. The van der Waals surface area contributed by atoms with Crippen LogP contribution in [-0.2, 0) is 0 Å². The van der Waals surface area contributed by atoms with Gasteiger partial charge in [0.25, 0.3) is 0 Å². The van der Waals surface area contributed by atoms with Crippen LogP contribution in [0.25, 0.3) is 0 Å². The van der Waals surface area contributed by atoms with Gasteiger partial charge in [0.05, 0.1) is 11.2 Å². The Hall–Kier alpha value is -1.26. The predicted octanol–water partition coefficient (Wildman–Crippen LogP) is 2.00. The molecular weight excluding hydrogens is 225 g/mol. The van der Waals surface area contributed by atoms with Gasteiger partial charge in [0.2, 0.25) is 0 Å². The van der Waals surface area contributed by atoms with Crippen molar-refractivity contribution in [2.45, 2.75) is 0 Å². The molecule has 0 saturated heterocycles. The molecule has 4 nitrogen and oxygen atoms in total. The monoisotopic (exact) mass is 231 g/mol. The van der Waals surface area contributed by atoms with Crippen LogP contribution in [0.2, 0.25) is 10.0 Å². The third-order valence-corrected chi connectivity index (χ3v) is 1.90. The van der Waals surface area contributed by atoms with Crippen LogP contribution in [0.3, 0.4) is 0 Å². The number of hydrogen-bond donors (Lipinski definition) is 2. The van der Waals surface area contributed by atoms with Crippen molar-refractivity contribution >= 4 is 35.4 Å². The number of hydrazone groups is 1. The molecule has 1 rings (SSSR count). The van der Waals surface area contributed by atoms with E-state index in [0.717, 1.165) is 0 Å². The summed E-state index contributed by atoms with van der Waals surface area (Å²) >= 11 is 11.5. The second-order valence-electron chi connectivity index (χ2n) is 2.40. The van der Waals surface area contributed by atoms with Crippen molar-refractivity contribution in [1.82, 2.24) is 5.43 Å². The Morgan fingerprint density at radius 1 is 1.50 bits per heavy atom. The maximum absolute atomic E-state index is 10.3. The molecule has 3 N–H and O–H groups in total. The zero-order chi connectivity index (χ0) is 10.6. The Balaban J connectivity index is 2.76. The zero-order valence-corrected chi connectivity index (χ0v) is 8.51. The van der Waals surface area contributed by atoms with Gasteiger partial charge in [-0.15, -0.1) is 0 Å². The number of rotatable bonds is 2. The summed E-state index contributed by atoms with van der Waals surface area (Å²) in [4.78, 5) is 10.3. The van der Waals surface area contributed by atoms with Gasteiger partial charge in [-0.3, -0.25) is 0 Å². The van der Waals surface area contributed by atoms with Crippen LogP contribution >= 0.6 is 23.2 Å². The lowest BCUT2D eigenvalue weighted by atomic mass is 10.2. The van der Waals surface area contributed by atoms with Crippen LogP contribution in [0, 0.1) is 0 Å². The van der Waals surface area contributed by atoms with Crippen molar-refractivity contribution in [2.24, 2.45) is 10.8 Å². The first-order chi connectivity index (χ1) is 6.59. The van der Waals surface area contributed by atoms with Crippen LogP contribution in [0.4, 0.5) is 4.79 Å². The fourth-order valence-corrected chi connectivity index (χ4v) is 1.23. The smallest absolute Gasteiger partial charge is 0.332 e. The molecule has 0 unspecified atom stereocenters. The summed E-state index contributed by atoms with van der Waals surface area (Å²) < 4.78 is 0. The highest BCUT2D eigenvalue weighted by atomic mass is 35.5. The van der Waals surface area contributed by atoms with E-state index in [4.69, 9.17) is 28.9 Å². The highest BCUT2D eigenvalue weighted by molar-refractivity contribution is 6.36. The topological polar surface area (TPSA) is 67.5 Å². The van der Waals surface area contributed by atoms with Crippen LogP contribution in [0.1, 0.15) is 5.56 Å². The summed E-state index contributed by atoms with van der Waals surface area (Å²) in [7, 11) is 0. The summed E-state index contributed by atoms with van der Waals surface area (Å²) in [6.45, 7) is 0. The van der Waals surface area contributed by atoms with Crippen molar-refractivity contribution in [3.8, 4) is 0 Å². The van der Waals surface area contributed by atoms with E-state index in [-0.39, 0.29) is 0 Å². The van der Waals surface area contributed by atoms with Crippen molar-refractivity contribution in [3.05, 3.63) is 33.8 Å². The minimum Gasteiger partial charge on any atom is -0.350 e. The number of primary amides is 1. The molecule has 1 aromatic rings. The molecule has 0 aromatic heterocycles. The van der Waals surface area contributed by atoms with E-state index in [2.05, 4.69) is 10.5 Å². The summed E-state index contributed by atoms with van der Waals surface area (Å²) in [5, 5.41) is 4.54. The van der Waals surface area contributed by atoms with Gasteiger partial charge in [-0.2, -0.15) is 5.10 Å². The van der Waals surface area contributed by atoms with E-state index < -0.39 is 6.03 Å². The number of carbonyl (C=O) groups is 1. The number of benzene rings is 1. The number of hydrogen-bond acceptors (Lipinski definition) is 2. The maximum atomic E-state index is 10.3. The minimum atomic E-state index is -0.730. The molecule has 0 aliphatic heterocycles. The fraction of sp³-hybridized carbons (Fsp3) is 0. The molecule has 0 radical (unpaired) electrons. The number of nitrogens with two attached hydrogens (primary N) is 1. The van der Waals surface area contributed by atoms with E-state index in [1.165, 1.54) is 6.21 Å². The Labute approximate surface area is 90.7 Å². The third-order valence-electron chi connectivity index (χ3n) is 1.34. The van der Waals surface area contributed by atoms with Gasteiger partial charge in [-0.25, -0.2) is 10.2 Å². The molecule has 0 atom stereocenters. The molecule has 0 bridgehead atoms. The van der Waals surface area contributed by atoms with E-state index in [0.29, 0.717) is 15.6 Å².